The van der Waals surface area contributed by atoms with E-state index in [1.165, 1.54) is 23.1 Å². The van der Waals surface area contributed by atoms with Crippen LogP contribution in [0.25, 0.3) is 16.7 Å². The molecule has 0 aliphatic heterocycles. The van der Waals surface area contributed by atoms with Crippen molar-refractivity contribution >= 4 is 50.8 Å². The molecule has 1 aromatic carbocycles. The highest BCUT2D eigenvalue weighted by atomic mass is 32.2. The molecule has 0 bridgehead atoms. The molecule has 10 heteroatoms. The van der Waals surface area contributed by atoms with Crippen LogP contribution in [0, 0.1) is 6.92 Å². The summed E-state index contributed by atoms with van der Waals surface area (Å²) in [5.41, 5.74) is 1.53. The van der Waals surface area contributed by atoms with Crippen molar-refractivity contribution in [2.24, 2.45) is 0 Å². The summed E-state index contributed by atoms with van der Waals surface area (Å²) in [7, 11) is 0. The second-order valence-corrected chi connectivity index (χ2v) is 8.02. The van der Waals surface area contributed by atoms with Crippen molar-refractivity contribution in [3.8, 4) is 0 Å². The summed E-state index contributed by atoms with van der Waals surface area (Å²) in [6, 6.07) is 7.38. The Balaban J connectivity index is 1.68. The topological polar surface area (TPSA) is 94.2 Å². The first-order chi connectivity index (χ1) is 13.6. The van der Waals surface area contributed by atoms with Gasteiger partial charge in [0.15, 0.2) is 10.3 Å². The summed E-state index contributed by atoms with van der Waals surface area (Å²) in [5.74, 6) is 0.493. The van der Waals surface area contributed by atoms with Crippen molar-refractivity contribution < 1.29 is 4.79 Å². The van der Waals surface area contributed by atoms with E-state index in [9.17, 15) is 9.59 Å². The molecule has 1 amide bonds. The molecule has 0 saturated carbocycles. The highest BCUT2D eigenvalue weighted by Gasteiger charge is 2.17. The lowest BCUT2D eigenvalue weighted by molar-refractivity contribution is -0.113. The number of hydrogen-bond acceptors (Lipinski definition) is 7. The molecular weight excluding hydrogens is 396 g/mol. The predicted octanol–water partition coefficient (Wildman–Crippen LogP) is 2.95. The van der Waals surface area contributed by atoms with Crippen LogP contribution in [0.1, 0.15) is 19.0 Å². The van der Waals surface area contributed by atoms with Crippen molar-refractivity contribution in [1.82, 2.24) is 24.1 Å². The zero-order valence-corrected chi connectivity index (χ0v) is 17.0. The average Bonchev–Trinajstić information content (AvgIpc) is 3.29. The van der Waals surface area contributed by atoms with Crippen LogP contribution in [0.5, 0.6) is 0 Å². The van der Waals surface area contributed by atoms with E-state index in [1.807, 2.05) is 41.8 Å². The fourth-order valence-corrected chi connectivity index (χ4v) is 4.39. The number of hydrogen-bond donors (Lipinski definition) is 1. The number of fused-ring (bicyclic) bond motifs is 3. The third kappa shape index (κ3) is 3.40. The zero-order valence-electron chi connectivity index (χ0n) is 15.4. The molecule has 1 N–H and O–H groups in total. The third-order valence-electron chi connectivity index (χ3n) is 4.12. The molecule has 4 rings (SSSR count). The largest absolute Gasteiger partial charge is 0.301 e. The molecule has 0 aliphatic carbocycles. The minimum Gasteiger partial charge on any atom is -0.301 e. The molecule has 3 aromatic heterocycles. The van der Waals surface area contributed by atoms with Crippen molar-refractivity contribution in [2.45, 2.75) is 32.0 Å². The summed E-state index contributed by atoms with van der Waals surface area (Å²) in [4.78, 5) is 29.3. The lowest BCUT2D eigenvalue weighted by Crippen LogP contribution is -2.23. The lowest BCUT2D eigenvalue weighted by atomic mass is 10.2. The average molecular weight is 415 g/mol. The predicted molar refractivity (Wildman–Crippen MR) is 111 cm³/mol. The molecule has 3 heterocycles. The summed E-state index contributed by atoms with van der Waals surface area (Å²) >= 11 is 2.67. The van der Waals surface area contributed by atoms with Crippen molar-refractivity contribution in [2.75, 3.05) is 11.1 Å². The maximum absolute atomic E-state index is 12.8. The number of amides is 1. The SMILES string of the molecule is CCCn1c(=O)c2ccccc2n2c(SCC(=O)Nc3nc(C)cs3)nnc12. The quantitative estimate of drug-likeness (QED) is 0.488. The van der Waals surface area contributed by atoms with Gasteiger partial charge in [0.25, 0.3) is 5.56 Å². The van der Waals surface area contributed by atoms with Gasteiger partial charge in [-0.3, -0.25) is 18.6 Å². The highest BCUT2D eigenvalue weighted by Crippen LogP contribution is 2.22. The Morgan fingerprint density at radius 2 is 2.11 bits per heavy atom. The van der Waals surface area contributed by atoms with E-state index >= 15 is 0 Å². The molecule has 144 valence electrons. The summed E-state index contributed by atoms with van der Waals surface area (Å²) in [6.45, 7) is 4.44. The van der Waals surface area contributed by atoms with Gasteiger partial charge in [-0.05, 0) is 25.5 Å². The smallest absolute Gasteiger partial charge is 0.262 e. The molecule has 28 heavy (non-hydrogen) atoms. The number of nitrogens with zero attached hydrogens (tertiary/aromatic N) is 5. The summed E-state index contributed by atoms with van der Waals surface area (Å²) in [5, 5.41) is 14.9. The second kappa shape index (κ2) is 7.72. The van der Waals surface area contributed by atoms with Gasteiger partial charge >= 0.3 is 0 Å². The Morgan fingerprint density at radius 1 is 1.29 bits per heavy atom. The number of anilines is 1. The number of carbonyl (C=O) groups excluding carboxylic acids is 1. The number of rotatable bonds is 6. The number of benzene rings is 1. The monoisotopic (exact) mass is 414 g/mol. The van der Waals surface area contributed by atoms with E-state index in [0.29, 0.717) is 28.0 Å². The van der Waals surface area contributed by atoms with Crippen molar-refractivity contribution in [3.05, 3.63) is 45.7 Å². The van der Waals surface area contributed by atoms with E-state index < -0.39 is 0 Å². The van der Waals surface area contributed by atoms with Crippen LogP contribution in [-0.2, 0) is 11.3 Å². The highest BCUT2D eigenvalue weighted by molar-refractivity contribution is 7.99. The van der Waals surface area contributed by atoms with E-state index in [1.54, 1.807) is 10.6 Å². The minimum absolute atomic E-state index is 0.0780. The van der Waals surface area contributed by atoms with Gasteiger partial charge in [-0.2, -0.15) is 0 Å². The zero-order chi connectivity index (χ0) is 19.7. The van der Waals surface area contributed by atoms with Crippen molar-refractivity contribution in [3.63, 3.8) is 0 Å². The molecule has 0 aliphatic rings. The van der Waals surface area contributed by atoms with E-state index in [-0.39, 0.29) is 17.2 Å². The van der Waals surface area contributed by atoms with E-state index in [4.69, 9.17) is 0 Å². The number of carbonyl (C=O) groups is 1. The molecule has 4 aromatic rings. The van der Waals surface area contributed by atoms with Crippen LogP contribution in [0.4, 0.5) is 5.13 Å². The first kappa shape index (κ1) is 18.6. The second-order valence-electron chi connectivity index (χ2n) is 6.22. The fraction of sp³-hybridized carbons (Fsp3) is 0.278. The molecule has 0 radical (unpaired) electrons. The Bertz CT molecular complexity index is 1230. The Kier molecular flexibility index (Phi) is 5.14. The molecule has 0 atom stereocenters. The van der Waals surface area contributed by atoms with Crippen LogP contribution in [0.2, 0.25) is 0 Å². The fourth-order valence-electron chi connectivity index (χ4n) is 2.95. The summed E-state index contributed by atoms with van der Waals surface area (Å²) < 4.78 is 3.48. The van der Waals surface area contributed by atoms with Crippen LogP contribution in [0.15, 0.2) is 39.6 Å². The third-order valence-corrected chi connectivity index (χ3v) is 5.93. The number of thiazole rings is 1. The molecule has 8 nitrogen and oxygen atoms in total. The first-order valence-corrected chi connectivity index (χ1v) is 10.7. The van der Waals surface area contributed by atoms with Crippen LogP contribution in [-0.4, -0.2) is 35.8 Å². The van der Waals surface area contributed by atoms with Gasteiger partial charge in [0, 0.05) is 11.9 Å². The van der Waals surface area contributed by atoms with Crippen molar-refractivity contribution in [1.29, 1.82) is 0 Å². The lowest BCUT2D eigenvalue weighted by Gasteiger charge is -2.10. The Morgan fingerprint density at radius 3 is 2.86 bits per heavy atom. The van der Waals surface area contributed by atoms with Gasteiger partial charge in [-0.25, -0.2) is 4.98 Å². The van der Waals surface area contributed by atoms with E-state index in [0.717, 1.165) is 17.6 Å². The number of aromatic nitrogens is 5. The Labute approximate surface area is 168 Å². The van der Waals surface area contributed by atoms with Crippen LogP contribution < -0.4 is 10.9 Å². The number of aryl methyl sites for hydroxylation is 2. The van der Waals surface area contributed by atoms with Crippen LogP contribution >= 0.6 is 23.1 Å². The minimum atomic E-state index is -0.165. The number of nitrogens with one attached hydrogen (secondary N) is 1. The molecule has 0 fully saturated rings. The summed E-state index contributed by atoms with van der Waals surface area (Å²) in [6.07, 6.45) is 0.804. The van der Waals surface area contributed by atoms with Crippen LogP contribution in [0.3, 0.4) is 0 Å². The molecule has 0 saturated heterocycles. The van der Waals surface area contributed by atoms with Gasteiger partial charge in [0.05, 0.1) is 22.3 Å². The molecular formula is C18H18N6O2S2. The number of para-hydroxylation sites is 1. The normalized spacial score (nSPS) is 11.4. The van der Waals surface area contributed by atoms with E-state index in [2.05, 4.69) is 20.5 Å². The maximum atomic E-state index is 12.8. The first-order valence-electron chi connectivity index (χ1n) is 8.80. The van der Waals surface area contributed by atoms with Gasteiger partial charge in [-0.15, -0.1) is 21.5 Å². The standard InChI is InChI=1S/C18H18N6O2S2/c1-3-8-23-15(26)12-6-4-5-7-13(12)24-17(23)21-22-18(24)28-10-14(25)20-16-19-11(2)9-27-16/h4-7,9H,3,8,10H2,1-2H3,(H,19,20,25). The number of thioether (sulfide) groups is 1. The Hall–Kier alpha value is -2.72. The molecule has 0 spiro atoms. The molecule has 0 unspecified atom stereocenters. The van der Waals surface area contributed by atoms with Gasteiger partial charge in [0.2, 0.25) is 11.7 Å². The maximum Gasteiger partial charge on any atom is 0.262 e. The van der Waals surface area contributed by atoms with Gasteiger partial charge in [0.1, 0.15) is 0 Å². The van der Waals surface area contributed by atoms with Gasteiger partial charge in [-0.1, -0.05) is 30.8 Å². The van der Waals surface area contributed by atoms with Gasteiger partial charge < -0.3 is 5.32 Å².